The van der Waals surface area contributed by atoms with Crippen molar-refractivity contribution in [1.29, 1.82) is 0 Å². The molecule has 0 spiro atoms. The van der Waals surface area contributed by atoms with Crippen LogP contribution in [0.3, 0.4) is 0 Å². The first-order valence-electron chi connectivity index (χ1n) is 6.19. The number of ether oxygens (including phenoxy) is 1. The summed E-state index contributed by atoms with van der Waals surface area (Å²) < 4.78 is 4.75. The van der Waals surface area contributed by atoms with Gasteiger partial charge in [-0.25, -0.2) is 0 Å². The van der Waals surface area contributed by atoms with Gasteiger partial charge in [0.05, 0.1) is 6.61 Å². The predicted molar refractivity (Wildman–Crippen MR) is 65.2 cm³/mol. The lowest BCUT2D eigenvalue weighted by molar-refractivity contribution is -0.144. The normalized spacial score (nSPS) is 10.9. The topological polar surface area (TPSA) is 46.5 Å². The van der Waals surface area contributed by atoms with Crippen molar-refractivity contribution in [2.75, 3.05) is 13.2 Å². The maximum absolute atomic E-state index is 11.0. The first kappa shape index (κ1) is 15.2. The highest BCUT2D eigenvalue weighted by Crippen LogP contribution is 2.08. The minimum atomic E-state index is -0.192. The van der Waals surface area contributed by atoms with Crippen LogP contribution in [-0.4, -0.2) is 24.3 Å². The smallest absolute Gasteiger partial charge is 0.305 e. The second-order valence-electron chi connectivity index (χ2n) is 3.82. The van der Waals surface area contributed by atoms with E-state index in [1.165, 1.54) is 19.3 Å². The minimum absolute atomic E-state index is 0.0866. The number of hydrogen-bond acceptors (Lipinski definition) is 3. The van der Waals surface area contributed by atoms with Crippen LogP contribution >= 0.6 is 0 Å². The van der Waals surface area contributed by atoms with E-state index in [0.717, 1.165) is 19.3 Å². The van der Waals surface area contributed by atoms with E-state index in [0.29, 0.717) is 6.42 Å². The molecule has 0 amide bonds. The van der Waals surface area contributed by atoms with Gasteiger partial charge in [-0.2, -0.15) is 0 Å². The van der Waals surface area contributed by atoms with Crippen LogP contribution < -0.4 is 0 Å². The number of aliphatic hydroxyl groups excluding tert-OH is 1. The van der Waals surface area contributed by atoms with Crippen LogP contribution in [0, 0.1) is 0 Å². The van der Waals surface area contributed by atoms with Gasteiger partial charge < -0.3 is 9.84 Å². The van der Waals surface area contributed by atoms with Gasteiger partial charge in [-0.1, -0.05) is 31.4 Å². The molecule has 0 bridgehead atoms. The Morgan fingerprint density at radius 3 is 2.56 bits per heavy atom. The van der Waals surface area contributed by atoms with Crippen molar-refractivity contribution in [3.05, 3.63) is 12.2 Å². The predicted octanol–water partition coefficient (Wildman–Crippen LogP) is 2.83. The van der Waals surface area contributed by atoms with Crippen molar-refractivity contribution < 1.29 is 14.6 Å². The fraction of sp³-hybridized carbons (Fsp3) is 0.769. The van der Waals surface area contributed by atoms with Gasteiger partial charge in [0.15, 0.2) is 0 Å². The van der Waals surface area contributed by atoms with E-state index in [9.17, 15) is 4.79 Å². The number of rotatable bonds is 10. The van der Waals surface area contributed by atoms with Crippen molar-refractivity contribution in [3.63, 3.8) is 0 Å². The molecule has 16 heavy (non-hydrogen) atoms. The molecule has 0 rings (SSSR count). The van der Waals surface area contributed by atoms with E-state index in [4.69, 9.17) is 9.84 Å². The van der Waals surface area contributed by atoms with E-state index in [1.807, 2.05) is 6.92 Å². The molecular formula is C13H24O3. The molecule has 0 saturated carbocycles. The van der Waals surface area contributed by atoms with E-state index >= 15 is 0 Å². The molecule has 0 fully saturated rings. The summed E-state index contributed by atoms with van der Waals surface area (Å²) in [7, 11) is 0. The fourth-order valence-electron chi connectivity index (χ4n) is 1.46. The molecule has 94 valence electrons. The summed E-state index contributed by atoms with van der Waals surface area (Å²) in [5.74, 6) is -0.192. The summed E-state index contributed by atoms with van der Waals surface area (Å²) in [5.41, 5.74) is 0. The van der Waals surface area contributed by atoms with Crippen molar-refractivity contribution in [3.8, 4) is 0 Å². The van der Waals surface area contributed by atoms with Crippen molar-refractivity contribution in [2.24, 2.45) is 0 Å². The highest BCUT2D eigenvalue weighted by Gasteiger charge is 2.01. The molecule has 0 aliphatic heterocycles. The Bertz CT molecular complexity index is 188. The Balaban J connectivity index is 3.11. The lowest BCUT2D eigenvalue weighted by Crippen LogP contribution is -2.07. The largest absolute Gasteiger partial charge is 0.463 e. The molecule has 0 aliphatic carbocycles. The minimum Gasteiger partial charge on any atom is -0.463 e. The van der Waals surface area contributed by atoms with Crippen LogP contribution in [0.25, 0.3) is 0 Å². The Labute approximate surface area is 98.5 Å². The van der Waals surface area contributed by atoms with Crippen LogP contribution in [-0.2, 0) is 9.53 Å². The second-order valence-corrected chi connectivity index (χ2v) is 3.82. The number of hydrogen-bond donors (Lipinski definition) is 1. The Hall–Kier alpha value is -0.830. The van der Waals surface area contributed by atoms with Gasteiger partial charge >= 0.3 is 5.97 Å². The van der Waals surface area contributed by atoms with E-state index in [1.54, 1.807) is 0 Å². The molecule has 0 heterocycles. The van der Waals surface area contributed by atoms with E-state index in [-0.39, 0.29) is 19.2 Å². The molecule has 0 radical (unpaired) electrons. The van der Waals surface area contributed by atoms with Gasteiger partial charge in [-0.3, -0.25) is 4.79 Å². The number of carbonyl (C=O) groups is 1. The molecule has 3 nitrogen and oxygen atoms in total. The van der Waals surface area contributed by atoms with Crippen molar-refractivity contribution in [1.82, 2.24) is 0 Å². The summed E-state index contributed by atoms with van der Waals surface area (Å²) in [6, 6.07) is 0. The third kappa shape index (κ3) is 11.2. The second kappa shape index (κ2) is 12.2. The molecule has 3 heteroatoms. The zero-order valence-electron chi connectivity index (χ0n) is 10.3. The number of aliphatic hydroxyl groups is 1. The third-order valence-corrected chi connectivity index (χ3v) is 2.34. The van der Waals surface area contributed by atoms with Gasteiger partial charge in [0.2, 0.25) is 0 Å². The standard InChI is InChI=1S/C13H24O3/c1-2-3-4-5-6-7-8-9-10-13(15)16-12-11-14/h2-3,14H,4-12H2,1H3/b3-2-. The molecule has 0 atom stereocenters. The summed E-state index contributed by atoms with van der Waals surface area (Å²) in [5, 5.41) is 8.44. The van der Waals surface area contributed by atoms with E-state index in [2.05, 4.69) is 12.2 Å². The maximum atomic E-state index is 11.0. The first-order valence-corrected chi connectivity index (χ1v) is 6.19. The van der Waals surface area contributed by atoms with Crippen LogP contribution in [0.2, 0.25) is 0 Å². The van der Waals surface area contributed by atoms with E-state index < -0.39 is 0 Å². The average Bonchev–Trinajstić information content (AvgIpc) is 2.30. The summed E-state index contributed by atoms with van der Waals surface area (Å²) in [6.45, 7) is 2.08. The molecule has 0 aromatic rings. The summed E-state index contributed by atoms with van der Waals surface area (Å²) in [6.07, 6.45) is 11.5. The van der Waals surface area contributed by atoms with Crippen LogP contribution in [0.4, 0.5) is 0 Å². The number of allylic oxidation sites excluding steroid dienone is 2. The fourth-order valence-corrected chi connectivity index (χ4v) is 1.46. The molecule has 0 unspecified atom stereocenters. The van der Waals surface area contributed by atoms with Crippen LogP contribution in [0.15, 0.2) is 12.2 Å². The Morgan fingerprint density at radius 1 is 1.19 bits per heavy atom. The average molecular weight is 228 g/mol. The van der Waals surface area contributed by atoms with Gasteiger partial charge in [0.1, 0.15) is 6.61 Å². The molecule has 0 aromatic carbocycles. The highest BCUT2D eigenvalue weighted by molar-refractivity contribution is 5.69. The van der Waals surface area contributed by atoms with Gasteiger partial charge in [-0.15, -0.1) is 0 Å². The molecular weight excluding hydrogens is 204 g/mol. The Kier molecular flexibility index (Phi) is 11.6. The number of unbranched alkanes of at least 4 members (excludes halogenated alkanes) is 5. The quantitative estimate of drug-likeness (QED) is 0.355. The maximum Gasteiger partial charge on any atom is 0.305 e. The third-order valence-electron chi connectivity index (χ3n) is 2.34. The molecule has 1 N–H and O–H groups in total. The zero-order chi connectivity index (χ0) is 12.1. The lowest BCUT2D eigenvalue weighted by Gasteiger charge is -2.02. The lowest BCUT2D eigenvalue weighted by atomic mass is 10.1. The van der Waals surface area contributed by atoms with Crippen LogP contribution in [0.1, 0.15) is 51.9 Å². The summed E-state index contributed by atoms with van der Waals surface area (Å²) in [4.78, 5) is 11.0. The van der Waals surface area contributed by atoms with Gasteiger partial charge in [-0.05, 0) is 26.2 Å². The first-order chi connectivity index (χ1) is 7.81. The van der Waals surface area contributed by atoms with Gasteiger partial charge in [0, 0.05) is 6.42 Å². The molecule has 0 aromatic heterocycles. The van der Waals surface area contributed by atoms with Crippen LogP contribution in [0.5, 0.6) is 0 Å². The SMILES string of the molecule is C/C=C\CCCCCCCC(=O)OCCO. The van der Waals surface area contributed by atoms with Gasteiger partial charge in [0.25, 0.3) is 0 Å². The Morgan fingerprint density at radius 2 is 1.88 bits per heavy atom. The molecule has 0 saturated heterocycles. The molecule has 0 aliphatic rings. The number of carbonyl (C=O) groups excluding carboxylic acids is 1. The number of esters is 1. The van der Waals surface area contributed by atoms with Crippen molar-refractivity contribution in [2.45, 2.75) is 51.9 Å². The van der Waals surface area contributed by atoms with Crippen molar-refractivity contribution >= 4 is 5.97 Å². The zero-order valence-corrected chi connectivity index (χ0v) is 10.3. The summed E-state index contributed by atoms with van der Waals surface area (Å²) >= 11 is 0. The highest BCUT2D eigenvalue weighted by atomic mass is 16.5. The monoisotopic (exact) mass is 228 g/mol.